The van der Waals surface area contributed by atoms with Gasteiger partial charge in [0.2, 0.25) is 0 Å². The second-order valence-electron chi connectivity index (χ2n) is 7.77. The number of esters is 2. The van der Waals surface area contributed by atoms with E-state index in [1.807, 2.05) is 31.2 Å². The number of methoxy groups -OCH3 is 1. The second-order valence-corrected chi connectivity index (χ2v) is 9.97. The molecule has 2 aromatic rings. The van der Waals surface area contributed by atoms with Crippen molar-refractivity contribution in [3.63, 3.8) is 0 Å². The van der Waals surface area contributed by atoms with E-state index in [-0.39, 0.29) is 21.1 Å². The van der Waals surface area contributed by atoms with E-state index in [1.54, 1.807) is 32.0 Å². The van der Waals surface area contributed by atoms with Crippen molar-refractivity contribution >= 4 is 31.4 Å². The number of hydrogen-bond acceptors (Lipinski definition) is 6. The van der Waals surface area contributed by atoms with Crippen molar-refractivity contribution in [2.24, 2.45) is 0 Å². The Hall–Kier alpha value is -3.33. The Labute approximate surface area is 200 Å². The number of carbonyl (C=O) groups excluding carboxylic acids is 2. The quantitative estimate of drug-likeness (QED) is 0.455. The van der Waals surface area contributed by atoms with Crippen molar-refractivity contribution in [3.8, 4) is 6.07 Å². The predicted octanol–water partition coefficient (Wildman–Crippen LogP) is 3.35. The van der Waals surface area contributed by atoms with Gasteiger partial charge in [-0.15, -0.1) is 0 Å². The van der Waals surface area contributed by atoms with Gasteiger partial charge in [-0.25, -0.2) is 0 Å². The van der Waals surface area contributed by atoms with Crippen LogP contribution in [0.5, 0.6) is 0 Å². The number of benzene rings is 2. The minimum absolute atomic E-state index is 0.0537. The first-order chi connectivity index (χ1) is 15.8. The van der Waals surface area contributed by atoms with Gasteiger partial charge < -0.3 is 0 Å². The van der Waals surface area contributed by atoms with Gasteiger partial charge in [0.05, 0.1) is 0 Å². The molecule has 1 aliphatic heterocycles. The molecule has 0 bridgehead atoms. The summed E-state index contributed by atoms with van der Waals surface area (Å²) < 4.78 is 11.9. The van der Waals surface area contributed by atoms with Gasteiger partial charge in [-0.05, 0) is 0 Å². The van der Waals surface area contributed by atoms with Crippen LogP contribution in [0.15, 0.2) is 77.1 Å². The number of nitrogens with zero attached hydrogens (tertiary/aromatic N) is 1. The van der Waals surface area contributed by atoms with Crippen LogP contribution >= 0.6 is 0 Å². The average molecular weight is 509 g/mol. The first kappa shape index (κ1) is 24.3. The van der Waals surface area contributed by atoms with Gasteiger partial charge in [-0.2, -0.15) is 0 Å². The van der Waals surface area contributed by atoms with Crippen LogP contribution in [0.4, 0.5) is 0 Å². The molecule has 0 saturated carbocycles. The fourth-order valence-electron chi connectivity index (χ4n) is 3.70. The maximum absolute atomic E-state index is 13.1. The summed E-state index contributed by atoms with van der Waals surface area (Å²) in [4.78, 5) is 26.2. The number of allylic oxidation sites excluding steroid dienone is 2. The van der Waals surface area contributed by atoms with E-state index in [1.165, 1.54) is 11.6 Å². The summed E-state index contributed by atoms with van der Waals surface area (Å²) in [5, 5.41) is 13.3. The molecule has 0 radical (unpaired) electrons. The predicted molar refractivity (Wildman–Crippen MR) is 127 cm³/mol. The summed E-state index contributed by atoms with van der Waals surface area (Å²) in [6, 6.07) is 19.2. The molecule has 0 fully saturated rings. The Morgan fingerprint density at radius 1 is 1.09 bits per heavy atom. The fraction of sp³-hybridized carbons (Fsp3) is 0.269. The first-order valence-electron chi connectivity index (χ1n) is 10.5. The second kappa shape index (κ2) is 11.0. The summed E-state index contributed by atoms with van der Waals surface area (Å²) in [6.07, 6.45) is -0.322. The molecule has 1 heterocycles. The van der Waals surface area contributed by atoms with Gasteiger partial charge in [0.15, 0.2) is 0 Å². The van der Waals surface area contributed by atoms with Crippen molar-refractivity contribution in [1.82, 2.24) is 5.32 Å². The Kier molecular flexibility index (Phi) is 8.11. The summed E-state index contributed by atoms with van der Waals surface area (Å²) in [6.45, 7) is 5.36. The normalized spacial score (nSPS) is 15.7. The monoisotopic (exact) mass is 510 g/mol. The number of carbonyl (C=O) groups is 2. The van der Waals surface area contributed by atoms with Crippen molar-refractivity contribution in [2.45, 2.75) is 38.1 Å². The Balaban J connectivity index is 2.15. The number of nitriles is 1. The van der Waals surface area contributed by atoms with Gasteiger partial charge in [0, 0.05) is 0 Å². The molecule has 1 N–H and O–H groups in total. The van der Waals surface area contributed by atoms with E-state index in [9.17, 15) is 14.9 Å². The van der Waals surface area contributed by atoms with E-state index in [2.05, 4.69) is 23.5 Å². The van der Waals surface area contributed by atoms with Gasteiger partial charge in [-0.3, -0.25) is 0 Å². The molecule has 33 heavy (non-hydrogen) atoms. The van der Waals surface area contributed by atoms with E-state index in [0.29, 0.717) is 33.3 Å². The van der Waals surface area contributed by atoms with Crippen LogP contribution in [0.25, 0.3) is 0 Å². The van der Waals surface area contributed by atoms with Crippen molar-refractivity contribution in [2.75, 3.05) is 7.11 Å². The van der Waals surface area contributed by atoms with E-state index in [0.717, 1.165) is 5.70 Å². The molecular weight excluding hydrogens is 483 g/mol. The number of ether oxygens (including phenoxy) is 2. The molecule has 0 aliphatic carbocycles. The Morgan fingerprint density at radius 3 is 2.45 bits per heavy atom. The summed E-state index contributed by atoms with van der Waals surface area (Å²) in [7, 11) is 1.33. The van der Waals surface area contributed by atoms with Gasteiger partial charge in [-0.1, -0.05) is 0 Å². The van der Waals surface area contributed by atoms with Crippen LogP contribution in [0, 0.1) is 11.3 Å². The van der Waals surface area contributed by atoms with Gasteiger partial charge in [0.25, 0.3) is 0 Å². The number of dihydropyridines is 1. The SMILES string of the molecule is COC(=O)C1=C(C[Se]c2ccccc2)NC(C)=C(C(=O)OC(C)C)C1c1cccc(C#N)c1. The molecule has 1 atom stereocenters. The third-order valence-electron chi connectivity index (χ3n) is 5.09. The molecule has 6 nitrogen and oxygen atoms in total. The molecule has 0 spiro atoms. The van der Waals surface area contributed by atoms with Gasteiger partial charge >= 0.3 is 201 Å². The molecule has 3 rings (SSSR count). The number of nitrogens with one attached hydrogen (secondary N) is 1. The molecule has 170 valence electrons. The summed E-state index contributed by atoms with van der Waals surface area (Å²) in [5.41, 5.74) is 3.16. The van der Waals surface area contributed by atoms with Crippen molar-refractivity contribution in [1.29, 1.82) is 5.26 Å². The Bertz CT molecular complexity index is 1150. The zero-order valence-corrected chi connectivity index (χ0v) is 20.8. The number of rotatable bonds is 7. The van der Waals surface area contributed by atoms with Crippen LogP contribution in [0.1, 0.15) is 37.8 Å². The van der Waals surface area contributed by atoms with Crippen LogP contribution in [0.2, 0.25) is 5.32 Å². The third kappa shape index (κ3) is 5.73. The molecule has 0 saturated heterocycles. The van der Waals surface area contributed by atoms with Crippen LogP contribution in [-0.4, -0.2) is 40.1 Å². The van der Waals surface area contributed by atoms with Crippen molar-refractivity contribution < 1.29 is 19.1 Å². The fourth-order valence-corrected chi connectivity index (χ4v) is 5.57. The molecule has 1 unspecified atom stereocenters. The average Bonchev–Trinajstić information content (AvgIpc) is 2.81. The summed E-state index contributed by atoms with van der Waals surface area (Å²) >= 11 is 0.0537. The maximum atomic E-state index is 13.1. The van der Waals surface area contributed by atoms with Crippen LogP contribution in [-0.2, 0) is 19.1 Å². The molecule has 0 aromatic heterocycles. The van der Waals surface area contributed by atoms with E-state index in [4.69, 9.17) is 9.47 Å². The molecule has 7 heteroatoms. The number of hydrogen-bond donors (Lipinski definition) is 1. The van der Waals surface area contributed by atoms with Gasteiger partial charge in [0.1, 0.15) is 0 Å². The standard InChI is InChI=1S/C26H26N2O4Se/c1-16(2)32-26(30)22-17(3)28-21(15-33-20-11-6-5-7-12-20)24(25(29)31-4)23(22)19-10-8-9-18(13-19)14-27/h5-13,16,23,28H,15H2,1-4H3. The van der Waals surface area contributed by atoms with E-state index >= 15 is 0 Å². The first-order valence-corrected chi connectivity index (χ1v) is 12.6. The molecular formula is C26H26N2O4Se. The van der Waals surface area contributed by atoms with Crippen LogP contribution < -0.4 is 9.78 Å². The third-order valence-corrected chi connectivity index (χ3v) is 7.27. The molecule has 0 amide bonds. The van der Waals surface area contributed by atoms with Crippen LogP contribution in [0.3, 0.4) is 0 Å². The zero-order chi connectivity index (χ0) is 24.0. The topological polar surface area (TPSA) is 88.4 Å². The van der Waals surface area contributed by atoms with Crippen molar-refractivity contribution in [3.05, 3.63) is 88.3 Å². The zero-order valence-electron chi connectivity index (χ0n) is 19.0. The molecule has 2 aromatic carbocycles. The molecule has 1 aliphatic rings. The summed E-state index contributed by atoms with van der Waals surface area (Å²) in [5.74, 6) is -1.73. The Morgan fingerprint density at radius 2 is 1.82 bits per heavy atom. The minimum atomic E-state index is -0.708. The van der Waals surface area contributed by atoms with E-state index < -0.39 is 17.9 Å².